The number of nitrogens with zero attached hydrogens (tertiary/aromatic N) is 3. The van der Waals surface area contributed by atoms with E-state index in [2.05, 4.69) is 26.0 Å². The van der Waals surface area contributed by atoms with E-state index in [9.17, 15) is 9.59 Å². The molecular formula is C17H24N6O2. The second kappa shape index (κ2) is 7.78. The molecule has 0 aromatic carbocycles. The molecule has 8 heteroatoms. The van der Waals surface area contributed by atoms with Gasteiger partial charge in [0.2, 0.25) is 5.91 Å². The Kier molecular flexibility index (Phi) is 5.74. The minimum atomic E-state index is -0.650. The Morgan fingerprint density at radius 3 is 2.68 bits per heavy atom. The second-order valence-electron chi connectivity index (χ2n) is 6.81. The second-order valence-corrected chi connectivity index (χ2v) is 6.81. The van der Waals surface area contributed by atoms with Gasteiger partial charge in [-0.25, -0.2) is 4.79 Å². The highest BCUT2D eigenvalue weighted by Crippen LogP contribution is 2.07. The summed E-state index contributed by atoms with van der Waals surface area (Å²) in [5.41, 5.74) is 1.06. The van der Waals surface area contributed by atoms with E-state index in [4.69, 9.17) is 0 Å². The molecule has 2 heterocycles. The van der Waals surface area contributed by atoms with Gasteiger partial charge in [-0.05, 0) is 39.8 Å². The van der Waals surface area contributed by atoms with Crippen molar-refractivity contribution in [2.45, 2.75) is 45.8 Å². The number of pyridine rings is 1. The Morgan fingerprint density at radius 1 is 1.28 bits per heavy atom. The van der Waals surface area contributed by atoms with Crippen LogP contribution in [0.1, 0.15) is 33.4 Å². The average Bonchev–Trinajstić information content (AvgIpc) is 2.93. The number of anilines is 1. The summed E-state index contributed by atoms with van der Waals surface area (Å²) in [5, 5.41) is 12.3. The van der Waals surface area contributed by atoms with Crippen LogP contribution in [0.2, 0.25) is 0 Å². The van der Waals surface area contributed by atoms with Crippen molar-refractivity contribution in [1.82, 2.24) is 25.4 Å². The van der Waals surface area contributed by atoms with E-state index in [-0.39, 0.29) is 11.4 Å². The molecule has 134 valence electrons. The average molecular weight is 344 g/mol. The Morgan fingerprint density at radius 2 is 2.04 bits per heavy atom. The molecule has 0 unspecified atom stereocenters. The normalized spacial score (nSPS) is 12.3. The van der Waals surface area contributed by atoms with Crippen LogP contribution in [0.25, 0.3) is 0 Å². The highest BCUT2D eigenvalue weighted by atomic mass is 16.2. The van der Waals surface area contributed by atoms with Gasteiger partial charge in [-0.2, -0.15) is 5.10 Å². The van der Waals surface area contributed by atoms with Gasteiger partial charge in [0, 0.05) is 17.9 Å². The zero-order valence-electron chi connectivity index (χ0n) is 14.9. The van der Waals surface area contributed by atoms with Gasteiger partial charge < -0.3 is 16.0 Å². The molecule has 0 saturated heterocycles. The molecule has 3 amide bonds. The molecule has 2 rings (SSSR count). The van der Waals surface area contributed by atoms with E-state index in [1.165, 1.54) is 0 Å². The fraction of sp³-hybridized carbons (Fsp3) is 0.412. The SMILES string of the molecule is C[C@H](NC(=O)Nc1cnn(Cc2ccccn2)c1)C(=O)NC(C)(C)C. The largest absolute Gasteiger partial charge is 0.350 e. The Bertz CT molecular complexity index is 720. The molecule has 3 N–H and O–H groups in total. The van der Waals surface area contributed by atoms with Crippen LogP contribution in [0.4, 0.5) is 10.5 Å². The Balaban J connectivity index is 1.85. The Labute approximate surface area is 147 Å². The fourth-order valence-corrected chi connectivity index (χ4v) is 2.08. The zero-order chi connectivity index (χ0) is 18.4. The maximum Gasteiger partial charge on any atom is 0.319 e. The molecule has 25 heavy (non-hydrogen) atoms. The van der Waals surface area contributed by atoms with E-state index in [0.29, 0.717) is 12.2 Å². The number of aromatic nitrogens is 3. The van der Waals surface area contributed by atoms with E-state index < -0.39 is 12.1 Å². The number of carbonyl (C=O) groups is 2. The van der Waals surface area contributed by atoms with Crippen molar-refractivity contribution in [2.75, 3.05) is 5.32 Å². The maximum absolute atomic E-state index is 12.0. The summed E-state index contributed by atoms with van der Waals surface area (Å²) in [5.74, 6) is -0.242. The zero-order valence-corrected chi connectivity index (χ0v) is 14.9. The first-order valence-electron chi connectivity index (χ1n) is 8.05. The Hall–Kier alpha value is -2.90. The van der Waals surface area contributed by atoms with Gasteiger partial charge in [-0.1, -0.05) is 6.07 Å². The van der Waals surface area contributed by atoms with Crippen LogP contribution in [0.3, 0.4) is 0 Å². The molecule has 1 atom stereocenters. The molecule has 0 aliphatic carbocycles. The molecule has 2 aromatic heterocycles. The molecule has 0 bridgehead atoms. The predicted octanol–water partition coefficient (Wildman–Crippen LogP) is 1.75. The lowest BCUT2D eigenvalue weighted by Crippen LogP contribution is -2.51. The summed E-state index contributed by atoms with van der Waals surface area (Å²) >= 11 is 0. The van der Waals surface area contributed by atoms with Crippen molar-refractivity contribution >= 4 is 17.6 Å². The van der Waals surface area contributed by atoms with E-state index in [1.807, 2.05) is 39.0 Å². The summed E-state index contributed by atoms with van der Waals surface area (Å²) in [7, 11) is 0. The van der Waals surface area contributed by atoms with Gasteiger partial charge in [0.05, 0.1) is 24.1 Å². The minimum Gasteiger partial charge on any atom is -0.350 e. The van der Waals surface area contributed by atoms with Crippen LogP contribution >= 0.6 is 0 Å². The van der Waals surface area contributed by atoms with Gasteiger partial charge in [0.15, 0.2) is 0 Å². The van der Waals surface area contributed by atoms with Gasteiger partial charge in [-0.3, -0.25) is 14.5 Å². The number of carbonyl (C=O) groups excluding carboxylic acids is 2. The van der Waals surface area contributed by atoms with E-state index in [0.717, 1.165) is 5.69 Å². The van der Waals surface area contributed by atoms with Crippen LogP contribution in [-0.2, 0) is 11.3 Å². The summed E-state index contributed by atoms with van der Waals surface area (Å²) in [6, 6.07) is 4.54. The molecule has 0 aliphatic rings. The number of nitrogens with one attached hydrogen (secondary N) is 3. The molecule has 0 fully saturated rings. The highest BCUT2D eigenvalue weighted by molar-refractivity contribution is 5.93. The van der Waals surface area contributed by atoms with Crippen molar-refractivity contribution in [1.29, 1.82) is 0 Å². The summed E-state index contributed by atoms with van der Waals surface area (Å²) < 4.78 is 1.67. The van der Waals surface area contributed by atoms with Gasteiger partial charge in [0.25, 0.3) is 0 Å². The molecule has 0 aliphatic heterocycles. The smallest absolute Gasteiger partial charge is 0.319 e. The standard InChI is InChI=1S/C17H24N6O2/c1-12(15(24)22-17(2,3)4)20-16(25)21-14-9-19-23(11-14)10-13-7-5-6-8-18-13/h5-9,11-12H,10H2,1-4H3,(H,22,24)(H2,20,21,25)/t12-/m0/s1. The lowest BCUT2D eigenvalue weighted by Gasteiger charge is -2.23. The third-order valence-corrected chi connectivity index (χ3v) is 3.18. The summed E-state index contributed by atoms with van der Waals surface area (Å²) in [6.45, 7) is 7.79. The number of hydrogen-bond donors (Lipinski definition) is 3. The minimum absolute atomic E-state index is 0.242. The number of urea groups is 1. The first-order chi connectivity index (χ1) is 11.7. The lowest BCUT2D eigenvalue weighted by atomic mass is 10.1. The predicted molar refractivity (Wildman–Crippen MR) is 95.1 cm³/mol. The van der Waals surface area contributed by atoms with Crippen LogP contribution < -0.4 is 16.0 Å². The van der Waals surface area contributed by atoms with Gasteiger partial charge >= 0.3 is 6.03 Å². The highest BCUT2D eigenvalue weighted by Gasteiger charge is 2.20. The monoisotopic (exact) mass is 344 g/mol. The molecule has 0 radical (unpaired) electrons. The van der Waals surface area contributed by atoms with Crippen molar-refractivity contribution in [3.05, 3.63) is 42.5 Å². The first-order valence-corrected chi connectivity index (χ1v) is 8.05. The molecule has 0 saturated carbocycles. The van der Waals surface area contributed by atoms with Gasteiger partial charge in [-0.15, -0.1) is 0 Å². The maximum atomic E-state index is 12.0. The summed E-state index contributed by atoms with van der Waals surface area (Å²) in [4.78, 5) is 28.2. The third-order valence-electron chi connectivity index (χ3n) is 3.18. The van der Waals surface area contributed by atoms with Crippen LogP contribution in [-0.4, -0.2) is 38.3 Å². The van der Waals surface area contributed by atoms with E-state index >= 15 is 0 Å². The van der Waals surface area contributed by atoms with Crippen LogP contribution in [0, 0.1) is 0 Å². The number of hydrogen-bond acceptors (Lipinski definition) is 4. The van der Waals surface area contributed by atoms with Crippen molar-refractivity contribution in [2.24, 2.45) is 0 Å². The summed E-state index contributed by atoms with van der Waals surface area (Å²) in [6.07, 6.45) is 4.96. The van der Waals surface area contributed by atoms with Crippen LogP contribution in [0.5, 0.6) is 0 Å². The first kappa shape index (κ1) is 18.4. The van der Waals surface area contributed by atoms with Gasteiger partial charge in [0.1, 0.15) is 6.04 Å². The molecule has 8 nitrogen and oxygen atoms in total. The topological polar surface area (TPSA) is 101 Å². The number of amides is 3. The lowest BCUT2D eigenvalue weighted by molar-refractivity contribution is -0.123. The van der Waals surface area contributed by atoms with Crippen LogP contribution in [0.15, 0.2) is 36.8 Å². The third kappa shape index (κ3) is 6.25. The molecular weight excluding hydrogens is 320 g/mol. The number of rotatable bonds is 5. The molecule has 2 aromatic rings. The van der Waals surface area contributed by atoms with Crippen molar-refractivity contribution < 1.29 is 9.59 Å². The fourth-order valence-electron chi connectivity index (χ4n) is 2.08. The molecule has 0 spiro atoms. The van der Waals surface area contributed by atoms with Crippen molar-refractivity contribution in [3.8, 4) is 0 Å². The quantitative estimate of drug-likeness (QED) is 0.769. The van der Waals surface area contributed by atoms with E-state index in [1.54, 1.807) is 30.2 Å². The van der Waals surface area contributed by atoms with Crippen molar-refractivity contribution in [3.63, 3.8) is 0 Å².